The van der Waals surface area contributed by atoms with E-state index >= 15 is 0 Å². The molecule has 2 rings (SSSR count). The Labute approximate surface area is 244 Å². The van der Waals surface area contributed by atoms with Crippen molar-refractivity contribution >= 4 is 30.5 Å². The van der Waals surface area contributed by atoms with Gasteiger partial charge in [0.05, 0.1) is 0 Å². The summed E-state index contributed by atoms with van der Waals surface area (Å²) in [6.07, 6.45) is 4.06. The van der Waals surface area contributed by atoms with Crippen molar-refractivity contribution in [2.45, 2.75) is 91.0 Å². The van der Waals surface area contributed by atoms with E-state index in [-0.39, 0.29) is 24.0 Å². The maximum atomic E-state index is 14.0. The van der Waals surface area contributed by atoms with Crippen LogP contribution in [-0.4, -0.2) is 51.9 Å². The molecule has 0 heterocycles. The number of amides is 3. The molecule has 2 unspecified atom stereocenters. The first-order chi connectivity index (χ1) is 19.0. The fraction of sp³-hybridized carbons (Fsp3) is 0.516. The normalized spacial score (nSPS) is 12.8. The zero-order valence-corrected chi connectivity index (χ0v) is 25.3. The van der Waals surface area contributed by atoms with Gasteiger partial charge in [0, 0.05) is 18.8 Å². The summed E-state index contributed by atoms with van der Waals surface area (Å²) in [6, 6.07) is 12.4. The molecular weight excluding hydrogens is 526 g/mol. The van der Waals surface area contributed by atoms with Gasteiger partial charge in [-0.05, 0) is 62.9 Å². The van der Waals surface area contributed by atoms with Crippen LogP contribution in [0.25, 0.3) is 0 Å². The molecular formula is C31H45N3O5S. The first-order valence-electron chi connectivity index (χ1n) is 14.0. The molecule has 3 N–H and O–H groups in total. The van der Waals surface area contributed by atoms with Gasteiger partial charge >= 0.3 is 6.09 Å². The molecule has 3 amide bonds. The highest BCUT2D eigenvalue weighted by atomic mass is 32.1. The van der Waals surface area contributed by atoms with Gasteiger partial charge in [-0.25, -0.2) is 4.79 Å². The van der Waals surface area contributed by atoms with E-state index in [0.717, 1.165) is 31.2 Å². The number of carbonyl (C=O) groups excluding carboxylic acids is 3. The Morgan fingerprint density at radius 2 is 1.70 bits per heavy atom. The number of hydrogen-bond acceptors (Lipinski definition) is 6. The van der Waals surface area contributed by atoms with Gasteiger partial charge in [-0.1, -0.05) is 69.0 Å². The van der Waals surface area contributed by atoms with Crippen LogP contribution in [0.1, 0.15) is 82.5 Å². The van der Waals surface area contributed by atoms with Crippen LogP contribution in [0.4, 0.5) is 4.79 Å². The van der Waals surface area contributed by atoms with Crippen molar-refractivity contribution < 1.29 is 24.2 Å². The van der Waals surface area contributed by atoms with Gasteiger partial charge < -0.3 is 25.4 Å². The molecule has 2 atom stereocenters. The first-order valence-corrected chi connectivity index (χ1v) is 14.6. The van der Waals surface area contributed by atoms with E-state index in [1.807, 2.05) is 30.3 Å². The highest BCUT2D eigenvalue weighted by Crippen LogP contribution is 2.28. The zero-order chi connectivity index (χ0) is 29.7. The number of alkyl carbamates (subject to hydrolysis) is 1. The Hall–Kier alpha value is -3.20. The van der Waals surface area contributed by atoms with Gasteiger partial charge in [0.25, 0.3) is 0 Å². The van der Waals surface area contributed by atoms with Crippen LogP contribution in [0.5, 0.6) is 5.75 Å². The van der Waals surface area contributed by atoms with Crippen molar-refractivity contribution in [1.29, 1.82) is 0 Å². The smallest absolute Gasteiger partial charge is 0.408 e. The summed E-state index contributed by atoms with van der Waals surface area (Å²) in [7, 11) is 0. The maximum absolute atomic E-state index is 14.0. The summed E-state index contributed by atoms with van der Waals surface area (Å²) in [6.45, 7) is 9.71. The third kappa shape index (κ3) is 10.8. The fourth-order valence-corrected chi connectivity index (χ4v) is 4.54. The number of benzene rings is 2. The minimum atomic E-state index is -1.00. The number of unbranched alkanes of at least 4 members (excludes halogenated alkanes) is 4. The molecule has 220 valence electrons. The Balaban J connectivity index is 2.43. The van der Waals surface area contributed by atoms with E-state index < -0.39 is 29.7 Å². The molecule has 0 aromatic heterocycles. The Morgan fingerprint density at radius 1 is 1.02 bits per heavy atom. The molecule has 2 aromatic rings. The number of ether oxygens (including phenoxy) is 1. The minimum Gasteiger partial charge on any atom is -0.508 e. The Morgan fingerprint density at radius 3 is 2.30 bits per heavy atom. The number of phenolic OH excluding ortho intramolecular Hbond substituents is 1. The maximum Gasteiger partial charge on any atom is 0.408 e. The molecule has 0 radical (unpaired) electrons. The molecule has 0 aliphatic heterocycles. The van der Waals surface area contributed by atoms with Gasteiger partial charge in [0.1, 0.15) is 23.4 Å². The van der Waals surface area contributed by atoms with E-state index in [9.17, 15) is 19.5 Å². The minimum absolute atomic E-state index is 0.0252. The average molecular weight is 572 g/mol. The second kappa shape index (κ2) is 16.2. The molecule has 9 heteroatoms. The summed E-state index contributed by atoms with van der Waals surface area (Å²) in [4.78, 5) is 41.9. The molecule has 0 fully saturated rings. The van der Waals surface area contributed by atoms with Crippen molar-refractivity contribution in [3.8, 4) is 5.75 Å². The summed E-state index contributed by atoms with van der Waals surface area (Å²) in [5.41, 5.74) is 1.34. The predicted octanol–water partition coefficient (Wildman–Crippen LogP) is 5.68. The number of aromatic hydroxyl groups is 1. The van der Waals surface area contributed by atoms with Crippen molar-refractivity contribution in [1.82, 2.24) is 15.5 Å². The van der Waals surface area contributed by atoms with Gasteiger partial charge in [0.2, 0.25) is 11.8 Å². The molecule has 0 aliphatic carbocycles. The number of aryl methyl sites for hydroxylation is 1. The molecule has 0 bridgehead atoms. The van der Waals surface area contributed by atoms with E-state index in [2.05, 4.69) is 30.2 Å². The molecule has 0 saturated heterocycles. The summed E-state index contributed by atoms with van der Waals surface area (Å²) < 4.78 is 5.37. The second-order valence-electron chi connectivity index (χ2n) is 11.0. The van der Waals surface area contributed by atoms with Crippen molar-refractivity contribution in [3.63, 3.8) is 0 Å². The van der Waals surface area contributed by atoms with Crippen LogP contribution in [-0.2, 0) is 20.9 Å². The quantitative estimate of drug-likeness (QED) is 0.172. The van der Waals surface area contributed by atoms with Crippen LogP contribution < -0.4 is 10.6 Å². The number of hydrogen-bond donors (Lipinski definition) is 4. The van der Waals surface area contributed by atoms with Crippen LogP contribution in [0.3, 0.4) is 0 Å². The monoisotopic (exact) mass is 571 g/mol. The van der Waals surface area contributed by atoms with Crippen molar-refractivity contribution in [3.05, 3.63) is 65.2 Å². The van der Waals surface area contributed by atoms with Crippen LogP contribution in [0, 0.1) is 6.92 Å². The van der Waals surface area contributed by atoms with Crippen LogP contribution in [0.15, 0.2) is 48.5 Å². The lowest BCUT2D eigenvalue weighted by atomic mass is 9.99. The summed E-state index contributed by atoms with van der Waals surface area (Å²) in [5, 5.41) is 15.8. The SMILES string of the molecule is CCCCCCCN(C(=O)C(CS)NC(=O)OC(C)(C)C)C(C(=O)NCc1ccccc1)c1ccc(O)c(C)c1. The lowest BCUT2D eigenvalue weighted by Crippen LogP contribution is -2.54. The number of nitrogens with zero attached hydrogens (tertiary/aromatic N) is 1. The first kappa shape index (κ1) is 33.0. The largest absolute Gasteiger partial charge is 0.508 e. The Bertz CT molecular complexity index is 1100. The third-order valence-electron chi connectivity index (χ3n) is 6.36. The lowest BCUT2D eigenvalue weighted by Gasteiger charge is -2.34. The van der Waals surface area contributed by atoms with Crippen LogP contribution >= 0.6 is 12.6 Å². The third-order valence-corrected chi connectivity index (χ3v) is 6.73. The molecule has 0 spiro atoms. The standard InChI is InChI=1S/C31H45N3O5S/c1-6-7-8-9-13-18-34(29(37)25(21-40)33-30(38)39-31(3,4)5)27(24-16-17-26(35)22(2)19-24)28(36)32-20-23-14-11-10-12-15-23/h10-12,14-17,19,25,27,35,40H,6-9,13,18,20-21H2,1-5H3,(H,32,36)(H,33,38). The van der Waals surface area contributed by atoms with Gasteiger partial charge in [-0.3, -0.25) is 9.59 Å². The number of phenols is 1. The van der Waals surface area contributed by atoms with Crippen LogP contribution in [0.2, 0.25) is 0 Å². The topological polar surface area (TPSA) is 108 Å². The molecule has 2 aromatic carbocycles. The summed E-state index contributed by atoms with van der Waals surface area (Å²) in [5.74, 6) is -0.658. The number of nitrogens with one attached hydrogen (secondary N) is 2. The molecule has 0 saturated carbocycles. The van der Waals surface area contributed by atoms with Gasteiger partial charge in [-0.2, -0.15) is 12.6 Å². The van der Waals surface area contributed by atoms with Crippen molar-refractivity contribution in [2.24, 2.45) is 0 Å². The van der Waals surface area contributed by atoms with E-state index in [4.69, 9.17) is 4.74 Å². The van der Waals surface area contributed by atoms with Crippen molar-refractivity contribution in [2.75, 3.05) is 12.3 Å². The van der Waals surface area contributed by atoms with E-state index in [1.165, 1.54) is 11.0 Å². The molecule has 8 nitrogen and oxygen atoms in total. The average Bonchev–Trinajstić information content (AvgIpc) is 2.90. The zero-order valence-electron chi connectivity index (χ0n) is 24.4. The number of rotatable bonds is 14. The lowest BCUT2D eigenvalue weighted by molar-refractivity contribution is -0.142. The fourth-order valence-electron chi connectivity index (χ4n) is 4.29. The summed E-state index contributed by atoms with van der Waals surface area (Å²) >= 11 is 4.35. The van der Waals surface area contributed by atoms with Gasteiger partial charge in [0.15, 0.2) is 0 Å². The Kier molecular flexibility index (Phi) is 13.3. The highest BCUT2D eigenvalue weighted by Gasteiger charge is 2.35. The second-order valence-corrected chi connectivity index (χ2v) is 11.3. The predicted molar refractivity (Wildman–Crippen MR) is 161 cm³/mol. The van der Waals surface area contributed by atoms with Gasteiger partial charge in [-0.15, -0.1) is 0 Å². The molecule has 40 heavy (non-hydrogen) atoms. The van der Waals surface area contributed by atoms with E-state index in [1.54, 1.807) is 39.8 Å². The highest BCUT2D eigenvalue weighted by molar-refractivity contribution is 7.80. The molecule has 0 aliphatic rings. The number of carbonyl (C=O) groups is 3. The number of thiol groups is 1. The van der Waals surface area contributed by atoms with E-state index in [0.29, 0.717) is 24.1 Å².